The number of carbonyl (C=O) groups is 1. The molecular weight excluding hydrogens is 216 g/mol. The van der Waals surface area contributed by atoms with Crippen molar-refractivity contribution in [3.8, 4) is 0 Å². The van der Waals surface area contributed by atoms with Crippen LogP contribution in [0, 0.1) is 6.92 Å². The van der Waals surface area contributed by atoms with E-state index < -0.39 is 0 Å². The van der Waals surface area contributed by atoms with E-state index in [1.807, 2.05) is 13.0 Å². The van der Waals surface area contributed by atoms with Gasteiger partial charge in [-0.05, 0) is 37.8 Å². The lowest BCUT2D eigenvalue weighted by molar-refractivity contribution is 0.0599. The van der Waals surface area contributed by atoms with Crippen LogP contribution in [0.25, 0.3) is 0 Å². The first-order valence-corrected chi connectivity index (χ1v) is 6.02. The van der Waals surface area contributed by atoms with E-state index >= 15 is 0 Å². The fraction of sp³-hybridized carbons (Fsp3) is 0.538. The maximum absolute atomic E-state index is 11.4. The summed E-state index contributed by atoms with van der Waals surface area (Å²) in [7, 11) is 1.39. The highest BCUT2D eigenvalue weighted by atomic mass is 16.5. The van der Waals surface area contributed by atoms with Crippen LogP contribution in [-0.2, 0) is 4.74 Å². The molecule has 1 aromatic heterocycles. The minimum atomic E-state index is -0.319. The zero-order valence-corrected chi connectivity index (χ0v) is 10.4. The van der Waals surface area contributed by atoms with Gasteiger partial charge in [0.15, 0.2) is 0 Å². The van der Waals surface area contributed by atoms with Gasteiger partial charge in [0.1, 0.15) is 5.82 Å². The third-order valence-corrected chi connectivity index (χ3v) is 3.18. The molecule has 0 atom stereocenters. The first-order chi connectivity index (χ1) is 8.22. The second-order valence-electron chi connectivity index (χ2n) is 4.40. The van der Waals surface area contributed by atoms with E-state index in [1.54, 1.807) is 6.20 Å². The average Bonchev–Trinajstić information content (AvgIpc) is 2.39. The highest BCUT2D eigenvalue weighted by molar-refractivity contribution is 5.90. The second kappa shape index (κ2) is 5.17. The number of esters is 1. The van der Waals surface area contributed by atoms with Crippen LogP contribution in [0.5, 0.6) is 0 Å². The molecular formula is C13H18N2O2. The van der Waals surface area contributed by atoms with Crippen molar-refractivity contribution in [1.82, 2.24) is 4.98 Å². The second-order valence-corrected chi connectivity index (χ2v) is 4.40. The molecule has 1 fully saturated rings. The summed E-state index contributed by atoms with van der Waals surface area (Å²) < 4.78 is 4.71. The quantitative estimate of drug-likeness (QED) is 0.735. The number of aryl methyl sites for hydroxylation is 1. The number of methoxy groups -OCH3 is 1. The van der Waals surface area contributed by atoms with Crippen molar-refractivity contribution in [2.75, 3.05) is 25.1 Å². The molecule has 1 aliphatic heterocycles. The SMILES string of the molecule is COC(=O)c1cnc(N2CCCCC2)cc1C. The van der Waals surface area contributed by atoms with Crippen molar-refractivity contribution in [3.63, 3.8) is 0 Å². The van der Waals surface area contributed by atoms with Gasteiger partial charge < -0.3 is 9.64 Å². The van der Waals surface area contributed by atoms with Crippen LogP contribution in [0.4, 0.5) is 5.82 Å². The van der Waals surface area contributed by atoms with Crippen molar-refractivity contribution in [2.45, 2.75) is 26.2 Å². The molecule has 0 amide bonds. The van der Waals surface area contributed by atoms with Crippen LogP contribution in [0.2, 0.25) is 0 Å². The molecule has 2 rings (SSSR count). The summed E-state index contributed by atoms with van der Waals surface area (Å²) in [4.78, 5) is 18.1. The maximum atomic E-state index is 11.4. The molecule has 92 valence electrons. The molecule has 0 aliphatic carbocycles. The topological polar surface area (TPSA) is 42.4 Å². The van der Waals surface area contributed by atoms with Crippen LogP contribution in [0.15, 0.2) is 12.3 Å². The van der Waals surface area contributed by atoms with Crippen LogP contribution in [-0.4, -0.2) is 31.2 Å². The Morgan fingerprint density at radius 3 is 2.65 bits per heavy atom. The zero-order chi connectivity index (χ0) is 12.3. The summed E-state index contributed by atoms with van der Waals surface area (Å²) in [6.45, 7) is 4.04. The first kappa shape index (κ1) is 11.9. The largest absolute Gasteiger partial charge is 0.465 e. The van der Waals surface area contributed by atoms with Crippen LogP contribution < -0.4 is 4.90 Å². The normalized spacial score (nSPS) is 15.8. The number of anilines is 1. The highest BCUT2D eigenvalue weighted by Crippen LogP contribution is 2.20. The average molecular weight is 234 g/mol. The molecule has 1 aliphatic rings. The van der Waals surface area contributed by atoms with E-state index in [-0.39, 0.29) is 5.97 Å². The molecule has 4 nitrogen and oxygen atoms in total. The molecule has 0 radical (unpaired) electrons. The van der Waals surface area contributed by atoms with Gasteiger partial charge in [0.05, 0.1) is 12.7 Å². The Hall–Kier alpha value is -1.58. The monoisotopic (exact) mass is 234 g/mol. The molecule has 0 N–H and O–H groups in total. The third-order valence-electron chi connectivity index (χ3n) is 3.18. The summed E-state index contributed by atoms with van der Waals surface area (Å²) >= 11 is 0. The molecule has 1 saturated heterocycles. The lowest BCUT2D eigenvalue weighted by Gasteiger charge is -2.28. The van der Waals surface area contributed by atoms with Crippen molar-refractivity contribution < 1.29 is 9.53 Å². The van der Waals surface area contributed by atoms with E-state index in [0.717, 1.165) is 24.5 Å². The summed E-state index contributed by atoms with van der Waals surface area (Å²) in [6.07, 6.45) is 5.36. The minimum absolute atomic E-state index is 0.319. The number of hydrogen-bond donors (Lipinski definition) is 0. The summed E-state index contributed by atoms with van der Waals surface area (Å²) in [6, 6.07) is 1.97. The number of piperidine rings is 1. The van der Waals surface area contributed by atoms with E-state index in [9.17, 15) is 4.79 Å². The van der Waals surface area contributed by atoms with Gasteiger partial charge in [-0.2, -0.15) is 0 Å². The van der Waals surface area contributed by atoms with Gasteiger partial charge in [0.25, 0.3) is 0 Å². The standard InChI is InChI=1S/C13H18N2O2/c1-10-8-12(15-6-4-3-5-7-15)14-9-11(10)13(16)17-2/h8-9H,3-7H2,1-2H3. The Kier molecular flexibility index (Phi) is 3.61. The zero-order valence-electron chi connectivity index (χ0n) is 10.4. The number of rotatable bonds is 2. The summed E-state index contributed by atoms with van der Waals surface area (Å²) in [5.74, 6) is 0.648. The number of nitrogens with zero attached hydrogens (tertiary/aromatic N) is 2. The number of hydrogen-bond acceptors (Lipinski definition) is 4. The van der Waals surface area contributed by atoms with Gasteiger partial charge in [-0.25, -0.2) is 9.78 Å². The molecule has 2 heterocycles. The van der Waals surface area contributed by atoms with Crippen molar-refractivity contribution in [1.29, 1.82) is 0 Å². The van der Waals surface area contributed by atoms with Crippen molar-refractivity contribution >= 4 is 11.8 Å². The third kappa shape index (κ3) is 2.57. The van der Waals surface area contributed by atoms with E-state index in [1.165, 1.54) is 26.4 Å². The molecule has 1 aromatic rings. The lowest BCUT2D eigenvalue weighted by atomic mass is 10.1. The van der Waals surface area contributed by atoms with Gasteiger partial charge in [-0.1, -0.05) is 0 Å². The molecule has 0 unspecified atom stereocenters. The number of carbonyl (C=O) groups excluding carboxylic acids is 1. The Labute approximate surface area is 102 Å². The smallest absolute Gasteiger partial charge is 0.339 e. The fourth-order valence-electron chi connectivity index (χ4n) is 2.16. The van der Waals surface area contributed by atoms with Gasteiger partial charge in [0, 0.05) is 19.3 Å². The van der Waals surface area contributed by atoms with E-state index in [0.29, 0.717) is 5.56 Å². The van der Waals surface area contributed by atoms with Gasteiger partial charge in [-0.15, -0.1) is 0 Å². The molecule has 0 aromatic carbocycles. The number of aromatic nitrogens is 1. The Morgan fingerprint density at radius 2 is 2.06 bits per heavy atom. The molecule has 17 heavy (non-hydrogen) atoms. The minimum Gasteiger partial charge on any atom is -0.465 e. The molecule has 0 bridgehead atoms. The van der Waals surface area contributed by atoms with Crippen LogP contribution >= 0.6 is 0 Å². The highest BCUT2D eigenvalue weighted by Gasteiger charge is 2.15. The van der Waals surface area contributed by atoms with Crippen molar-refractivity contribution in [3.05, 3.63) is 23.4 Å². The van der Waals surface area contributed by atoms with Crippen molar-refractivity contribution in [2.24, 2.45) is 0 Å². The summed E-state index contributed by atoms with van der Waals surface area (Å²) in [5, 5.41) is 0. The predicted molar refractivity (Wildman–Crippen MR) is 66.4 cm³/mol. The van der Waals surface area contributed by atoms with Crippen LogP contribution in [0.3, 0.4) is 0 Å². The van der Waals surface area contributed by atoms with Crippen LogP contribution in [0.1, 0.15) is 35.2 Å². The summed E-state index contributed by atoms with van der Waals surface area (Å²) in [5.41, 5.74) is 1.47. The number of pyridine rings is 1. The Morgan fingerprint density at radius 1 is 1.35 bits per heavy atom. The molecule has 4 heteroatoms. The fourth-order valence-corrected chi connectivity index (χ4v) is 2.16. The Balaban J connectivity index is 2.20. The van der Waals surface area contributed by atoms with Gasteiger partial charge >= 0.3 is 5.97 Å². The Bertz CT molecular complexity index is 412. The number of ether oxygens (including phenoxy) is 1. The van der Waals surface area contributed by atoms with Gasteiger partial charge in [0.2, 0.25) is 0 Å². The first-order valence-electron chi connectivity index (χ1n) is 6.02. The maximum Gasteiger partial charge on any atom is 0.339 e. The van der Waals surface area contributed by atoms with E-state index in [4.69, 9.17) is 4.74 Å². The molecule has 0 spiro atoms. The molecule has 0 saturated carbocycles. The van der Waals surface area contributed by atoms with Gasteiger partial charge in [-0.3, -0.25) is 0 Å². The lowest BCUT2D eigenvalue weighted by Crippen LogP contribution is -2.30. The van der Waals surface area contributed by atoms with E-state index in [2.05, 4.69) is 9.88 Å². The predicted octanol–water partition coefficient (Wildman–Crippen LogP) is 2.17.